The lowest BCUT2D eigenvalue weighted by Gasteiger charge is -2.20. The van der Waals surface area contributed by atoms with Crippen LogP contribution in [0.2, 0.25) is 5.02 Å². The third-order valence-corrected chi connectivity index (χ3v) is 4.16. The second-order valence-electron chi connectivity index (χ2n) is 5.46. The van der Waals surface area contributed by atoms with Gasteiger partial charge in [-0.15, -0.1) is 0 Å². The first-order valence-electron chi connectivity index (χ1n) is 7.64. The molecule has 5 nitrogen and oxygen atoms in total. The van der Waals surface area contributed by atoms with Crippen LogP contribution in [0.5, 0.6) is 5.75 Å². The molecule has 2 aromatic carbocycles. The summed E-state index contributed by atoms with van der Waals surface area (Å²) in [6, 6.07) is 12.1. The number of amides is 2. The minimum Gasteiger partial charge on any atom is -0.496 e. The molecule has 1 heterocycles. The van der Waals surface area contributed by atoms with Gasteiger partial charge in [0.05, 0.1) is 24.0 Å². The minimum absolute atomic E-state index is 0.0667. The fourth-order valence-corrected chi connectivity index (χ4v) is 2.94. The smallest absolute Gasteiger partial charge is 0.259 e. The number of nitrogens with zero attached hydrogens (tertiary/aromatic N) is 1. The second kappa shape index (κ2) is 6.93. The number of carbonyl (C=O) groups is 2. The average molecular weight is 345 g/mol. The van der Waals surface area contributed by atoms with E-state index < -0.39 is 0 Å². The van der Waals surface area contributed by atoms with Crippen molar-refractivity contribution in [2.24, 2.45) is 0 Å². The molecule has 0 saturated carbocycles. The summed E-state index contributed by atoms with van der Waals surface area (Å²) in [4.78, 5) is 26.3. The van der Waals surface area contributed by atoms with Gasteiger partial charge in [0.2, 0.25) is 5.91 Å². The van der Waals surface area contributed by atoms with Crippen LogP contribution in [0.25, 0.3) is 0 Å². The fourth-order valence-electron chi connectivity index (χ4n) is 2.76. The predicted molar refractivity (Wildman–Crippen MR) is 94.0 cm³/mol. The summed E-state index contributed by atoms with van der Waals surface area (Å²) in [6.45, 7) is 0.659. The van der Waals surface area contributed by atoms with Crippen molar-refractivity contribution in [3.63, 3.8) is 0 Å². The van der Waals surface area contributed by atoms with Crippen LogP contribution < -0.4 is 15.0 Å². The van der Waals surface area contributed by atoms with E-state index in [1.165, 1.54) is 7.11 Å². The van der Waals surface area contributed by atoms with Crippen molar-refractivity contribution < 1.29 is 14.3 Å². The number of methoxy groups -OCH3 is 1. The molecule has 0 spiro atoms. The zero-order valence-corrected chi connectivity index (χ0v) is 14.0. The number of hydrogen-bond acceptors (Lipinski definition) is 3. The fraction of sp³-hybridized carbons (Fsp3) is 0.222. The topological polar surface area (TPSA) is 58.6 Å². The molecular weight excluding hydrogens is 328 g/mol. The molecule has 0 unspecified atom stereocenters. The number of anilines is 2. The molecule has 0 atom stereocenters. The van der Waals surface area contributed by atoms with Gasteiger partial charge in [0.25, 0.3) is 5.91 Å². The number of ether oxygens (including phenoxy) is 1. The average Bonchev–Trinajstić information content (AvgIpc) is 3.01. The Bertz CT molecular complexity index is 792. The number of nitrogens with one attached hydrogen (secondary N) is 1. The van der Waals surface area contributed by atoms with Crippen LogP contribution in [0.4, 0.5) is 11.4 Å². The number of rotatable bonds is 4. The molecule has 1 N–H and O–H groups in total. The SMILES string of the molecule is COc1ccc(Cl)cc1C(=O)Nc1ccccc1N1CCCC1=O. The molecule has 0 aromatic heterocycles. The monoisotopic (exact) mass is 344 g/mol. The highest BCUT2D eigenvalue weighted by Crippen LogP contribution is 2.31. The highest BCUT2D eigenvalue weighted by Gasteiger charge is 2.24. The number of para-hydroxylation sites is 2. The Balaban J connectivity index is 1.91. The zero-order valence-electron chi connectivity index (χ0n) is 13.2. The summed E-state index contributed by atoms with van der Waals surface area (Å²) in [5.41, 5.74) is 1.63. The van der Waals surface area contributed by atoms with Crippen LogP contribution in [0.15, 0.2) is 42.5 Å². The van der Waals surface area contributed by atoms with Gasteiger partial charge in [-0.1, -0.05) is 23.7 Å². The molecule has 0 bridgehead atoms. The summed E-state index contributed by atoms with van der Waals surface area (Å²) in [5, 5.41) is 3.30. The Kier molecular flexibility index (Phi) is 4.71. The third-order valence-electron chi connectivity index (χ3n) is 3.92. The Morgan fingerprint density at radius 1 is 1.25 bits per heavy atom. The first-order chi connectivity index (χ1) is 11.6. The number of benzene rings is 2. The lowest BCUT2D eigenvalue weighted by molar-refractivity contribution is -0.117. The molecule has 1 aliphatic heterocycles. The third kappa shape index (κ3) is 3.21. The Morgan fingerprint density at radius 2 is 2.04 bits per heavy atom. The van der Waals surface area contributed by atoms with Gasteiger partial charge in [0.1, 0.15) is 5.75 Å². The molecule has 6 heteroatoms. The van der Waals surface area contributed by atoms with Crippen LogP contribution in [0, 0.1) is 0 Å². The highest BCUT2D eigenvalue weighted by atomic mass is 35.5. The molecule has 124 valence electrons. The van der Waals surface area contributed by atoms with Gasteiger partial charge in [-0.2, -0.15) is 0 Å². The maximum atomic E-state index is 12.6. The van der Waals surface area contributed by atoms with Crippen molar-refractivity contribution in [3.05, 3.63) is 53.1 Å². The largest absolute Gasteiger partial charge is 0.496 e. The zero-order chi connectivity index (χ0) is 17.1. The standard InChI is InChI=1S/C18H17ClN2O3/c1-24-16-9-8-12(19)11-13(16)18(23)20-14-5-2-3-6-15(14)21-10-4-7-17(21)22/h2-3,5-6,8-9,11H,4,7,10H2,1H3,(H,20,23). The van der Waals surface area contributed by atoms with Crippen LogP contribution >= 0.6 is 11.6 Å². The molecule has 3 rings (SSSR count). The van der Waals surface area contributed by atoms with Gasteiger partial charge < -0.3 is 15.0 Å². The van der Waals surface area contributed by atoms with E-state index in [-0.39, 0.29) is 11.8 Å². The van der Waals surface area contributed by atoms with Crippen molar-refractivity contribution in [1.29, 1.82) is 0 Å². The normalized spacial score (nSPS) is 13.9. The van der Waals surface area contributed by atoms with E-state index in [1.807, 2.05) is 18.2 Å². The van der Waals surface area contributed by atoms with Crippen LogP contribution in [0.1, 0.15) is 23.2 Å². The highest BCUT2D eigenvalue weighted by molar-refractivity contribution is 6.31. The van der Waals surface area contributed by atoms with Gasteiger partial charge in [-0.3, -0.25) is 9.59 Å². The summed E-state index contributed by atoms with van der Waals surface area (Å²) in [7, 11) is 1.50. The van der Waals surface area contributed by atoms with Crippen molar-refractivity contribution >= 4 is 34.8 Å². The Labute approximate surface area is 145 Å². The summed E-state index contributed by atoms with van der Waals surface area (Å²) < 4.78 is 5.22. The van der Waals surface area contributed by atoms with Crippen molar-refractivity contribution in [3.8, 4) is 5.75 Å². The van der Waals surface area contributed by atoms with Gasteiger partial charge in [-0.05, 0) is 36.8 Å². The number of carbonyl (C=O) groups excluding carboxylic acids is 2. The molecule has 1 fully saturated rings. The van der Waals surface area contributed by atoms with Crippen LogP contribution in [0.3, 0.4) is 0 Å². The molecule has 1 aliphatic rings. The molecular formula is C18H17ClN2O3. The van der Waals surface area contributed by atoms with Gasteiger partial charge >= 0.3 is 0 Å². The van der Waals surface area contributed by atoms with Crippen LogP contribution in [-0.4, -0.2) is 25.5 Å². The van der Waals surface area contributed by atoms with Gasteiger partial charge in [0.15, 0.2) is 0 Å². The number of hydrogen-bond donors (Lipinski definition) is 1. The van der Waals surface area contributed by atoms with E-state index >= 15 is 0 Å². The van der Waals surface area contributed by atoms with Crippen molar-refractivity contribution in [2.75, 3.05) is 23.9 Å². The van der Waals surface area contributed by atoms with Gasteiger partial charge in [0, 0.05) is 18.0 Å². The Morgan fingerprint density at radius 3 is 2.75 bits per heavy atom. The molecule has 24 heavy (non-hydrogen) atoms. The lowest BCUT2D eigenvalue weighted by atomic mass is 10.1. The summed E-state index contributed by atoms with van der Waals surface area (Å²) in [6.07, 6.45) is 1.35. The van der Waals surface area contributed by atoms with Crippen molar-refractivity contribution in [2.45, 2.75) is 12.8 Å². The van der Waals surface area contributed by atoms with E-state index in [0.29, 0.717) is 40.7 Å². The minimum atomic E-state index is -0.339. The summed E-state index contributed by atoms with van der Waals surface area (Å²) in [5.74, 6) is 0.164. The quantitative estimate of drug-likeness (QED) is 0.919. The molecule has 0 aliphatic carbocycles. The van der Waals surface area contributed by atoms with E-state index in [2.05, 4.69) is 5.32 Å². The van der Waals surface area contributed by atoms with E-state index in [4.69, 9.17) is 16.3 Å². The molecule has 0 radical (unpaired) electrons. The molecule has 2 aromatic rings. The second-order valence-corrected chi connectivity index (χ2v) is 5.90. The first-order valence-corrected chi connectivity index (χ1v) is 8.02. The predicted octanol–water partition coefficient (Wildman–Crippen LogP) is 3.73. The maximum Gasteiger partial charge on any atom is 0.259 e. The van der Waals surface area contributed by atoms with E-state index in [9.17, 15) is 9.59 Å². The van der Waals surface area contributed by atoms with Gasteiger partial charge in [-0.25, -0.2) is 0 Å². The number of halogens is 1. The molecule has 2 amide bonds. The van der Waals surface area contributed by atoms with E-state index in [1.54, 1.807) is 29.2 Å². The lowest BCUT2D eigenvalue weighted by Crippen LogP contribution is -2.25. The Hall–Kier alpha value is -2.53. The molecule has 1 saturated heterocycles. The first kappa shape index (κ1) is 16.3. The summed E-state index contributed by atoms with van der Waals surface area (Å²) >= 11 is 5.99. The van der Waals surface area contributed by atoms with Crippen molar-refractivity contribution in [1.82, 2.24) is 0 Å². The van der Waals surface area contributed by atoms with Crippen LogP contribution in [-0.2, 0) is 4.79 Å². The van der Waals surface area contributed by atoms with E-state index in [0.717, 1.165) is 6.42 Å². The maximum absolute atomic E-state index is 12.6.